The van der Waals surface area contributed by atoms with Crippen molar-refractivity contribution in [2.24, 2.45) is 0 Å². The third kappa shape index (κ3) is 3.40. The molecule has 0 aliphatic rings. The van der Waals surface area contributed by atoms with Crippen LogP contribution in [0.4, 0.5) is 11.4 Å². The van der Waals surface area contributed by atoms with Gasteiger partial charge in [0.25, 0.3) is 0 Å². The molecule has 0 atom stereocenters. The highest BCUT2D eigenvalue weighted by molar-refractivity contribution is 7.89. The van der Waals surface area contributed by atoms with Crippen molar-refractivity contribution in [2.75, 3.05) is 31.8 Å². The van der Waals surface area contributed by atoms with Crippen LogP contribution < -0.4 is 10.6 Å². The molecule has 0 unspecified atom stereocenters. The summed E-state index contributed by atoms with van der Waals surface area (Å²) in [6, 6.07) is 14.9. The van der Waals surface area contributed by atoms with E-state index in [1.807, 2.05) is 42.3 Å². The number of sulfonamides is 1. The third-order valence-corrected chi connectivity index (χ3v) is 5.26. The van der Waals surface area contributed by atoms with Crippen LogP contribution in [0.15, 0.2) is 53.4 Å². The Morgan fingerprint density at radius 2 is 1.64 bits per heavy atom. The number of rotatable bonds is 5. The van der Waals surface area contributed by atoms with Crippen molar-refractivity contribution in [3.8, 4) is 0 Å². The summed E-state index contributed by atoms with van der Waals surface area (Å²) in [7, 11) is 1.34. The van der Waals surface area contributed by atoms with Crippen molar-refractivity contribution in [1.29, 1.82) is 0 Å². The molecule has 0 radical (unpaired) electrons. The number of hydrogen-bond donors (Lipinski definition) is 1. The van der Waals surface area contributed by atoms with Crippen molar-refractivity contribution in [3.63, 3.8) is 0 Å². The largest absolute Gasteiger partial charge is 0.399 e. The standard InChI is InChI=1S/C16H21N3O2S/c1-18(2)22(20,21)16-11-14(17)9-10-15(16)19(3)12-13-7-5-4-6-8-13/h4-11H,12,17H2,1-3H3. The van der Waals surface area contributed by atoms with E-state index >= 15 is 0 Å². The molecule has 118 valence electrons. The van der Waals surface area contributed by atoms with Gasteiger partial charge in [0.1, 0.15) is 4.90 Å². The molecule has 0 bridgehead atoms. The minimum Gasteiger partial charge on any atom is -0.399 e. The first-order valence-corrected chi connectivity index (χ1v) is 8.33. The zero-order valence-corrected chi connectivity index (χ0v) is 13.8. The van der Waals surface area contributed by atoms with Gasteiger partial charge in [0.15, 0.2) is 0 Å². The van der Waals surface area contributed by atoms with E-state index in [2.05, 4.69) is 0 Å². The fourth-order valence-corrected chi connectivity index (χ4v) is 3.36. The first-order valence-electron chi connectivity index (χ1n) is 6.89. The maximum absolute atomic E-state index is 12.5. The van der Waals surface area contributed by atoms with Crippen LogP contribution >= 0.6 is 0 Å². The zero-order valence-electron chi connectivity index (χ0n) is 13.0. The van der Waals surface area contributed by atoms with Gasteiger partial charge in [0, 0.05) is 33.4 Å². The topological polar surface area (TPSA) is 66.6 Å². The summed E-state index contributed by atoms with van der Waals surface area (Å²) in [5, 5.41) is 0. The molecule has 2 N–H and O–H groups in total. The summed E-state index contributed by atoms with van der Waals surface area (Å²) >= 11 is 0. The van der Waals surface area contributed by atoms with Crippen molar-refractivity contribution in [2.45, 2.75) is 11.4 Å². The molecule has 2 aromatic carbocycles. The van der Waals surface area contributed by atoms with E-state index in [9.17, 15) is 8.42 Å². The molecule has 2 aromatic rings. The van der Waals surface area contributed by atoms with Gasteiger partial charge in [-0.25, -0.2) is 12.7 Å². The Hall–Kier alpha value is -2.05. The summed E-state index contributed by atoms with van der Waals surface area (Å²) in [4.78, 5) is 2.13. The Balaban J connectivity index is 2.43. The number of nitrogens with two attached hydrogens (primary N) is 1. The van der Waals surface area contributed by atoms with Gasteiger partial charge in [-0.15, -0.1) is 0 Å². The molecule has 0 fully saturated rings. The van der Waals surface area contributed by atoms with Crippen LogP contribution in [0.5, 0.6) is 0 Å². The number of anilines is 2. The van der Waals surface area contributed by atoms with Crippen LogP contribution in [0.2, 0.25) is 0 Å². The maximum atomic E-state index is 12.5. The highest BCUT2D eigenvalue weighted by Gasteiger charge is 2.23. The molecule has 0 heterocycles. The number of benzene rings is 2. The minimum atomic E-state index is -3.56. The Labute approximate surface area is 132 Å². The second kappa shape index (κ2) is 6.37. The molecule has 0 aliphatic heterocycles. The van der Waals surface area contributed by atoms with E-state index < -0.39 is 10.0 Å². The lowest BCUT2D eigenvalue weighted by atomic mass is 10.2. The van der Waals surface area contributed by atoms with Crippen LogP contribution in [-0.2, 0) is 16.6 Å². The molecule has 0 amide bonds. The lowest BCUT2D eigenvalue weighted by Gasteiger charge is -2.24. The monoisotopic (exact) mass is 319 g/mol. The van der Waals surface area contributed by atoms with Crippen molar-refractivity contribution >= 4 is 21.4 Å². The smallest absolute Gasteiger partial charge is 0.244 e. The summed E-state index contributed by atoms with van der Waals surface area (Å²) < 4.78 is 26.2. The fourth-order valence-electron chi connectivity index (χ4n) is 2.19. The van der Waals surface area contributed by atoms with Gasteiger partial charge in [0.05, 0.1) is 5.69 Å². The zero-order chi connectivity index (χ0) is 16.3. The van der Waals surface area contributed by atoms with Gasteiger partial charge in [0.2, 0.25) is 10.0 Å². The van der Waals surface area contributed by atoms with Crippen LogP contribution in [0.25, 0.3) is 0 Å². The van der Waals surface area contributed by atoms with Crippen LogP contribution in [0.3, 0.4) is 0 Å². The van der Waals surface area contributed by atoms with Gasteiger partial charge in [-0.05, 0) is 23.8 Å². The van der Waals surface area contributed by atoms with E-state index in [1.54, 1.807) is 12.1 Å². The highest BCUT2D eigenvalue weighted by atomic mass is 32.2. The van der Waals surface area contributed by atoms with E-state index in [1.165, 1.54) is 24.5 Å². The van der Waals surface area contributed by atoms with Gasteiger partial charge in [-0.2, -0.15) is 0 Å². The van der Waals surface area contributed by atoms with Gasteiger partial charge in [-0.3, -0.25) is 0 Å². The fraction of sp³-hybridized carbons (Fsp3) is 0.250. The first-order chi connectivity index (χ1) is 10.3. The summed E-state index contributed by atoms with van der Waals surface area (Å²) in [5.41, 5.74) is 7.94. The number of hydrogen-bond acceptors (Lipinski definition) is 4. The summed E-state index contributed by atoms with van der Waals surface area (Å²) in [6.45, 7) is 0.612. The molecule has 0 saturated heterocycles. The Morgan fingerprint density at radius 1 is 1.00 bits per heavy atom. The summed E-state index contributed by atoms with van der Waals surface area (Å²) in [5.74, 6) is 0. The SMILES string of the molecule is CN(Cc1ccccc1)c1ccc(N)cc1S(=O)(=O)N(C)C. The predicted molar refractivity (Wildman–Crippen MR) is 90.3 cm³/mol. The normalized spacial score (nSPS) is 11.6. The van der Waals surface area contributed by atoms with E-state index in [-0.39, 0.29) is 4.90 Å². The van der Waals surface area contributed by atoms with Crippen molar-refractivity contribution in [3.05, 3.63) is 54.1 Å². The average molecular weight is 319 g/mol. The van der Waals surface area contributed by atoms with Crippen LogP contribution in [0, 0.1) is 0 Å². The van der Waals surface area contributed by atoms with E-state index in [4.69, 9.17) is 5.73 Å². The van der Waals surface area contributed by atoms with Gasteiger partial charge < -0.3 is 10.6 Å². The quantitative estimate of drug-likeness (QED) is 0.858. The van der Waals surface area contributed by atoms with Crippen LogP contribution in [-0.4, -0.2) is 33.9 Å². The molecule has 0 aromatic heterocycles. The number of nitrogen functional groups attached to an aromatic ring is 1. The Bertz CT molecular complexity index is 743. The highest BCUT2D eigenvalue weighted by Crippen LogP contribution is 2.29. The second-order valence-corrected chi connectivity index (χ2v) is 7.48. The molecule has 6 heteroatoms. The number of nitrogens with zero attached hydrogens (tertiary/aromatic N) is 2. The molecular formula is C16H21N3O2S. The molecule has 5 nitrogen and oxygen atoms in total. The van der Waals surface area contributed by atoms with Gasteiger partial charge >= 0.3 is 0 Å². The molecule has 0 spiro atoms. The lowest BCUT2D eigenvalue weighted by molar-refractivity contribution is 0.520. The van der Waals surface area contributed by atoms with Crippen molar-refractivity contribution < 1.29 is 8.42 Å². The first kappa shape index (κ1) is 16.3. The molecule has 2 rings (SSSR count). The minimum absolute atomic E-state index is 0.218. The van der Waals surface area contributed by atoms with Crippen LogP contribution in [0.1, 0.15) is 5.56 Å². The Morgan fingerprint density at radius 3 is 2.23 bits per heavy atom. The molecule has 0 aliphatic carbocycles. The average Bonchev–Trinajstić information content (AvgIpc) is 2.47. The molecule has 0 saturated carbocycles. The second-order valence-electron chi connectivity index (χ2n) is 5.36. The summed E-state index contributed by atoms with van der Waals surface area (Å²) in [6.07, 6.45) is 0. The predicted octanol–water partition coefficient (Wildman–Crippen LogP) is 2.16. The third-order valence-electron chi connectivity index (χ3n) is 3.42. The van der Waals surface area contributed by atoms with E-state index in [0.29, 0.717) is 17.9 Å². The lowest BCUT2D eigenvalue weighted by Crippen LogP contribution is -2.26. The molecule has 22 heavy (non-hydrogen) atoms. The van der Waals surface area contributed by atoms with E-state index in [0.717, 1.165) is 5.56 Å². The van der Waals surface area contributed by atoms with Gasteiger partial charge in [-0.1, -0.05) is 30.3 Å². The molecular weight excluding hydrogens is 298 g/mol. The van der Waals surface area contributed by atoms with Crippen molar-refractivity contribution in [1.82, 2.24) is 4.31 Å². The maximum Gasteiger partial charge on any atom is 0.244 e. The Kier molecular flexibility index (Phi) is 4.73.